The summed E-state index contributed by atoms with van der Waals surface area (Å²) in [5, 5.41) is 0.660. The van der Waals surface area contributed by atoms with Crippen LogP contribution in [0.4, 0.5) is 0 Å². The molecule has 0 heterocycles. The fourth-order valence-corrected chi connectivity index (χ4v) is 3.29. The molecule has 1 aliphatic carbocycles. The largest absolute Gasteiger partial charge is 0.342 e. The third kappa shape index (κ3) is 3.53. The van der Waals surface area contributed by atoms with Crippen LogP contribution in [-0.4, -0.2) is 30.4 Å². The maximum absolute atomic E-state index is 12.5. The van der Waals surface area contributed by atoms with Gasteiger partial charge in [-0.2, -0.15) is 0 Å². The molecule has 0 radical (unpaired) electrons. The van der Waals surface area contributed by atoms with Crippen LogP contribution >= 0.6 is 11.6 Å². The Balaban J connectivity index is 2.03. The fraction of sp³-hybridized carbons (Fsp3) is 0.562. The zero-order valence-electron chi connectivity index (χ0n) is 12.0. The Morgan fingerprint density at radius 1 is 1.35 bits per heavy atom. The molecule has 1 aromatic rings. The Kier molecular flexibility index (Phi) is 5.44. The number of rotatable bonds is 4. The number of carbonyl (C=O) groups excluding carboxylic acids is 1. The minimum absolute atomic E-state index is 0.128. The minimum atomic E-state index is 0.128. The summed E-state index contributed by atoms with van der Waals surface area (Å²) in [5.74, 6) is 0.562. The van der Waals surface area contributed by atoms with Gasteiger partial charge in [-0.25, -0.2) is 0 Å². The van der Waals surface area contributed by atoms with E-state index in [0.29, 0.717) is 23.9 Å². The van der Waals surface area contributed by atoms with Gasteiger partial charge in [0.05, 0.1) is 6.42 Å². The van der Waals surface area contributed by atoms with E-state index in [-0.39, 0.29) is 11.9 Å². The molecule has 1 aliphatic rings. The number of halogens is 1. The molecule has 2 rings (SSSR count). The van der Waals surface area contributed by atoms with Crippen LogP contribution in [0.25, 0.3) is 0 Å². The Morgan fingerprint density at radius 3 is 2.75 bits per heavy atom. The SMILES string of the molecule is CN(C(=O)Cc1ccccc1Cl)C1CCCCC1CN. The second kappa shape index (κ2) is 7.09. The summed E-state index contributed by atoms with van der Waals surface area (Å²) < 4.78 is 0. The van der Waals surface area contributed by atoms with E-state index in [9.17, 15) is 4.79 Å². The number of amides is 1. The number of benzene rings is 1. The molecule has 1 amide bonds. The first-order valence-electron chi connectivity index (χ1n) is 7.32. The van der Waals surface area contributed by atoms with Crippen LogP contribution in [0.2, 0.25) is 5.02 Å². The van der Waals surface area contributed by atoms with Crippen molar-refractivity contribution in [2.45, 2.75) is 38.1 Å². The molecule has 4 heteroatoms. The number of hydrogen-bond acceptors (Lipinski definition) is 2. The molecule has 0 aliphatic heterocycles. The Labute approximate surface area is 126 Å². The zero-order valence-corrected chi connectivity index (χ0v) is 12.8. The third-order valence-corrected chi connectivity index (χ3v) is 4.73. The molecule has 20 heavy (non-hydrogen) atoms. The highest BCUT2D eigenvalue weighted by Gasteiger charge is 2.29. The Morgan fingerprint density at radius 2 is 2.05 bits per heavy atom. The standard InChI is InChI=1S/C16H23ClN2O/c1-19(15-9-5-3-7-13(15)11-18)16(20)10-12-6-2-4-8-14(12)17/h2,4,6,8,13,15H,3,5,7,9-11,18H2,1H3. The molecular formula is C16H23ClN2O. The van der Waals surface area contributed by atoms with Crippen molar-refractivity contribution in [2.75, 3.05) is 13.6 Å². The monoisotopic (exact) mass is 294 g/mol. The summed E-state index contributed by atoms with van der Waals surface area (Å²) in [6.07, 6.45) is 4.97. The lowest BCUT2D eigenvalue weighted by Crippen LogP contribution is -2.46. The van der Waals surface area contributed by atoms with E-state index in [1.807, 2.05) is 36.2 Å². The highest BCUT2D eigenvalue weighted by Crippen LogP contribution is 2.28. The molecule has 1 fully saturated rings. The van der Waals surface area contributed by atoms with E-state index < -0.39 is 0 Å². The average molecular weight is 295 g/mol. The van der Waals surface area contributed by atoms with Gasteiger partial charge in [0.15, 0.2) is 0 Å². The molecule has 0 aromatic heterocycles. The van der Waals surface area contributed by atoms with E-state index >= 15 is 0 Å². The van der Waals surface area contributed by atoms with Crippen molar-refractivity contribution >= 4 is 17.5 Å². The molecular weight excluding hydrogens is 272 g/mol. The Hall–Kier alpha value is -1.06. The molecule has 2 atom stereocenters. The summed E-state index contributed by atoms with van der Waals surface area (Å²) in [7, 11) is 1.90. The summed E-state index contributed by atoms with van der Waals surface area (Å²) >= 11 is 6.12. The highest BCUT2D eigenvalue weighted by molar-refractivity contribution is 6.31. The van der Waals surface area contributed by atoms with E-state index in [1.165, 1.54) is 12.8 Å². The average Bonchev–Trinajstić information content (AvgIpc) is 2.48. The number of hydrogen-bond donors (Lipinski definition) is 1. The maximum Gasteiger partial charge on any atom is 0.227 e. The molecule has 1 aromatic carbocycles. The molecule has 0 saturated heterocycles. The zero-order chi connectivity index (χ0) is 14.5. The predicted octanol–water partition coefficient (Wildman–Crippen LogP) is 2.86. The van der Waals surface area contributed by atoms with Crippen molar-refractivity contribution in [3.05, 3.63) is 34.9 Å². The van der Waals surface area contributed by atoms with Crippen LogP contribution in [0.1, 0.15) is 31.2 Å². The van der Waals surface area contributed by atoms with Crippen LogP contribution in [0.3, 0.4) is 0 Å². The molecule has 1 saturated carbocycles. The first-order valence-corrected chi connectivity index (χ1v) is 7.70. The first kappa shape index (κ1) is 15.3. The van der Waals surface area contributed by atoms with Crippen LogP contribution in [0.15, 0.2) is 24.3 Å². The number of likely N-dealkylation sites (N-methyl/N-ethyl adjacent to an activating group) is 1. The lowest BCUT2D eigenvalue weighted by molar-refractivity contribution is -0.132. The van der Waals surface area contributed by atoms with Crippen LogP contribution < -0.4 is 5.73 Å². The molecule has 110 valence electrons. The lowest BCUT2D eigenvalue weighted by atomic mass is 9.83. The van der Waals surface area contributed by atoms with Gasteiger partial charge in [-0.05, 0) is 36.9 Å². The van der Waals surface area contributed by atoms with E-state index in [0.717, 1.165) is 18.4 Å². The van der Waals surface area contributed by atoms with Crippen molar-refractivity contribution < 1.29 is 4.79 Å². The van der Waals surface area contributed by atoms with Crippen molar-refractivity contribution in [3.8, 4) is 0 Å². The van der Waals surface area contributed by atoms with Gasteiger partial charge in [-0.15, -0.1) is 0 Å². The van der Waals surface area contributed by atoms with Crippen molar-refractivity contribution in [2.24, 2.45) is 11.7 Å². The second-order valence-electron chi connectivity index (χ2n) is 5.62. The van der Waals surface area contributed by atoms with Gasteiger partial charge in [-0.1, -0.05) is 42.6 Å². The van der Waals surface area contributed by atoms with E-state index in [2.05, 4.69) is 0 Å². The normalized spacial score (nSPS) is 22.6. The fourth-order valence-electron chi connectivity index (χ4n) is 3.09. The molecule has 2 unspecified atom stereocenters. The minimum Gasteiger partial charge on any atom is -0.342 e. The summed E-state index contributed by atoms with van der Waals surface area (Å²) in [4.78, 5) is 14.3. The molecule has 3 nitrogen and oxygen atoms in total. The maximum atomic E-state index is 12.5. The second-order valence-corrected chi connectivity index (χ2v) is 6.03. The summed E-state index contributed by atoms with van der Waals surface area (Å²) in [6.45, 7) is 0.661. The van der Waals surface area contributed by atoms with Gasteiger partial charge in [-0.3, -0.25) is 4.79 Å². The van der Waals surface area contributed by atoms with Crippen molar-refractivity contribution in [1.82, 2.24) is 4.90 Å². The summed E-state index contributed by atoms with van der Waals surface area (Å²) in [5.41, 5.74) is 6.74. The Bertz CT molecular complexity index is 464. The van der Waals surface area contributed by atoms with E-state index in [4.69, 9.17) is 17.3 Å². The topological polar surface area (TPSA) is 46.3 Å². The third-order valence-electron chi connectivity index (χ3n) is 4.36. The molecule has 0 bridgehead atoms. The molecule has 0 spiro atoms. The van der Waals surface area contributed by atoms with Crippen molar-refractivity contribution in [1.29, 1.82) is 0 Å². The lowest BCUT2D eigenvalue weighted by Gasteiger charge is -2.37. The van der Waals surface area contributed by atoms with Gasteiger partial charge in [0.2, 0.25) is 5.91 Å². The quantitative estimate of drug-likeness (QED) is 0.928. The van der Waals surface area contributed by atoms with Gasteiger partial charge < -0.3 is 10.6 Å². The van der Waals surface area contributed by atoms with E-state index in [1.54, 1.807) is 0 Å². The number of carbonyl (C=O) groups is 1. The highest BCUT2D eigenvalue weighted by atomic mass is 35.5. The van der Waals surface area contributed by atoms with Gasteiger partial charge >= 0.3 is 0 Å². The van der Waals surface area contributed by atoms with Gasteiger partial charge in [0, 0.05) is 18.1 Å². The van der Waals surface area contributed by atoms with Crippen molar-refractivity contribution in [3.63, 3.8) is 0 Å². The van der Waals surface area contributed by atoms with Gasteiger partial charge in [0.25, 0.3) is 0 Å². The summed E-state index contributed by atoms with van der Waals surface area (Å²) in [6, 6.07) is 7.82. The first-order chi connectivity index (χ1) is 9.63. The predicted molar refractivity (Wildman–Crippen MR) is 82.7 cm³/mol. The number of nitrogens with zero attached hydrogens (tertiary/aromatic N) is 1. The van der Waals surface area contributed by atoms with Crippen LogP contribution in [0.5, 0.6) is 0 Å². The molecule has 2 N–H and O–H groups in total. The number of nitrogens with two attached hydrogens (primary N) is 1. The smallest absolute Gasteiger partial charge is 0.227 e. The van der Waals surface area contributed by atoms with Crippen LogP contribution in [0, 0.1) is 5.92 Å². The van der Waals surface area contributed by atoms with Gasteiger partial charge in [0.1, 0.15) is 0 Å². The van der Waals surface area contributed by atoms with Crippen LogP contribution in [-0.2, 0) is 11.2 Å².